The van der Waals surface area contributed by atoms with E-state index in [1.54, 1.807) is 12.3 Å². The van der Waals surface area contributed by atoms with Crippen LogP contribution in [0.5, 0.6) is 0 Å². The average Bonchev–Trinajstić information content (AvgIpc) is 2.38. The summed E-state index contributed by atoms with van der Waals surface area (Å²) in [6.45, 7) is 0.794. The van der Waals surface area contributed by atoms with Crippen molar-refractivity contribution in [2.75, 3.05) is 6.54 Å². The second-order valence-electron chi connectivity index (χ2n) is 2.86. The molecule has 2 heterocycles. The number of allylic oxidation sites excluding steroid dienone is 1. The second-order valence-corrected chi connectivity index (χ2v) is 2.86. The summed E-state index contributed by atoms with van der Waals surface area (Å²) in [5, 5.41) is 1.85. The van der Waals surface area contributed by atoms with E-state index in [4.69, 9.17) is 5.73 Å². The van der Waals surface area contributed by atoms with Crippen LogP contribution >= 0.6 is 0 Å². The molecule has 0 aliphatic carbocycles. The topological polar surface area (TPSA) is 70.7 Å². The lowest BCUT2D eigenvalue weighted by molar-refractivity contribution is -0.115. The highest BCUT2D eigenvalue weighted by atomic mass is 16.1. The Bertz CT molecular complexity index is 329. The third-order valence-corrected chi connectivity index (χ3v) is 1.92. The first-order valence-corrected chi connectivity index (χ1v) is 4.05. The molecule has 0 aromatic rings. The molecule has 1 amide bonds. The van der Waals surface area contributed by atoms with Gasteiger partial charge in [-0.3, -0.25) is 20.2 Å². The zero-order chi connectivity index (χ0) is 9.26. The Morgan fingerprint density at radius 2 is 2.54 bits per heavy atom. The summed E-state index contributed by atoms with van der Waals surface area (Å²) >= 11 is 0. The van der Waals surface area contributed by atoms with Crippen LogP contribution in [-0.4, -0.2) is 23.7 Å². The van der Waals surface area contributed by atoms with Gasteiger partial charge in [-0.2, -0.15) is 0 Å². The van der Waals surface area contributed by atoms with Crippen LogP contribution < -0.4 is 11.2 Å². The van der Waals surface area contributed by atoms with Gasteiger partial charge in [0.2, 0.25) is 0 Å². The molecule has 0 radical (unpaired) electrons. The van der Waals surface area contributed by atoms with Gasteiger partial charge in [0.1, 0.15) is 5.70 Å². The average molecular weight is 178 g/mol. The molecule has 0 atom stereocenters. The van der Waals surface area contributed by atoms with E-state index < -0.39 is 5.91 Å². The molecular formula is C8H10N4O. The van der Waals surface area contributed by atoms with Crippen LogP contribution in [0.1, 0.15) is 6.42 Å². The highest BCUT2D eigenvalue weighted by Gasteiger charge is 2.20. The summed E-state index contributed by atoms with van der Waals surface area (Å²) in [5.41, 5.74) is 9.33. The van der Waals surface area contributed by atoms with Crippen molar-refractivity contribution in [1.29, 1.82) is 0 Å². The lowest BCUT2D eigenvalue weighted by Crippen LogP contribution is -2.35. The Hall–Kier alpha value is -1.78. The third kappa shape index (κ3) is 1.40. The van der Waals surface area contributed by atoms with E-state index in [1.165, 1.54) is 0 Å². The number of fused-ring (bicyclic) bond motifs is 1. The van der Waals surface area contributed by atoms with E-state index in [0.717, 1.165) is 18.7 Å². The maximum atomic E-state index is 10.8. The Kier molecular flexibility index (Phi) is 1.77. The number of amides is 1. The molecule has 0 unspecified atom stereocenters. The number of hydrazine groups is 1. The zero-order valence-electron chi connectivity index (χ0n) is 7.03. The monoisotopic (exact) mass is 178 g/mol. The molecule has 0 saturated heterocycles. The Morgan fingerprint density at radius 3 is 3.31 bits per heavy atom. The van der Waals surface area contributed by atoms with Crippen molar-refractivity contribution >= 4 is 12.1 Å². The lowest BCUT2D eigenvalue weighted by Gasteiger charge is -2.18. The van der Waals surface area contributed by atoms with Gasteiger partial charge in [-0.05, 0) is 6.08 Å². The molecule has 0 spiro atoms. The first-order valence-electron chi connectivity index (χ1n) is 4.05. The van der Waals surface area contributed by atoms with E-state index >= 15 is 0 Å². The first-order chi connectivity index (χ1) is 6.27. The van der Waals surface area contributed by atoms with Crippen LogP contribution in [0.2, 0.25) is 0 Å². The van der Waals surface area contributed by atoms with Crippen LogP contribution in [0.15, 0.2) is 28.7 Å². The van der Waals surface area contributed by atoms with Gasteiger partial charge in [-0.15, -0.1) is 0 Å². The number of primary amides is 1. The fourth-order valence-corrected chi connectivity index (χ4v) is 1.28. The minimum atomic E-state index is -0.446. The molecule has 0 fully saturated rings. The fraction of sp³-hybridized carbons (Fsp3) is 0.250. The number of hydrogen-bond donors (Lipinski definition) is 2. The Morgan fingerprint density at radius 1 is 1.69 bits per heavy atom. The quantitative estimate of drug-likeness (QED) is 0.568. The standard InChI is InChI=1S/C8H10N4O/c9-8(13)7-4-6-5-10-2-1-3-12(6)11-7/h2,4-5,11H,1,3H2,(H2,9,13). The van der Waals surface area contributed by atoms with Crippen molar-refractivity contribution in [3.63, 3.8) is 0 Å². The molecule has 68 valence electrons. The normalized spacial score (nSPS) is 19.8. The largest absolute Gasteiger partial charge is 0.364 e. The number of aliphatic imine (C=N–C) groups is 1. The zero-order valence-corrected chi connectivity index (χ0v) is 7.03. The number of nitrogens with two attached hydrogens (primary N) is 1. The highest BCUT2D eigenvalue weighted by molar-refractivity contribution is 5.92. The molecule has 3 N–H and O–H groups in total. The molecule has 13 heavy (non-hydrogen) atoms. The van der Waals surface area contributed by atoms with E-state index in [2.05, 4.69) is 10.4 Å². The molecule has 0 saturated carbocycles. The van der Waals surface area contributed by atoms with Crippen molar-refractivity contribution in [2.45, 2.75) is 6.42 Å². The van der Waals surface area contributed by atoms with Crippen molar-refractivity contribution in [3.8, 4) is 0 Å². The van der Waals surface area contributed by atoms with Crippen LogP contribution in [0.4, 0.5) is 0 Å². The van der Waals surface area contributed by atoms with Gasteiger partial charge in [-0.25, -0.2) is 0 Å². The number of hydrogen-bond acceptors (Lipinski definition) is 4. The molecule has 0 aromatic carbocycles. The van der Waals surface area contributed by atoms with E-state index in [0.29, 0.717) is 5.70 Å². The maximum Gasteiger partial charge on any atom is 0.266 e. The van der Waals surface area contributed by atoms with Crippen LogP contribution in [0.25, 0.3) is 0 Å². The summed E-state index contributed by atoms with van der Waals surface area (Å²) in [5.74, 6) is -0.446. The summed E-state index contributed by atoms with van der Waals surface area (Å²) in [7, 11) is 0. The SMILES string of the molecule is NC(=O)C1=CC2=CN=CCCN2N1. The summed E-state index contributed by atoms with van der Waals surface area (Å²) < 4.78 is 0. The van der Waals surface area contributed by atoms with Crippen molar-refractivity contribution < 1.29 is 4.79 Å². The lowest BCUT2D eigenvalue weighted by atomic mass is 10.3. The number of carbonyl (C=O) groups excluding carboxylic acids is 1. The van der Waals surface area contributed by atoms with Gasteiger partial charge < -0.3 is 5.73 Å². The Labute approximate surface area is 75.6 Å². The number of nitrogens with one attached hydrogen (secondary N) is 1. The van der Waals surface area contributed by atoms with Gasteiger partial charge in [0.15, 0.2) is 0 Å². The maximum absolute atomic E-state index is 10.8. The summed E-state index contributed by atoms with van der Waals surface area (Å²) in [6.07, 6.45) is 6.10. The van der Waals surface area contributed by atoms with Crippen molar-refractivity contribution in [1.82, 2.24) is 10.4 Å². The molecule has 0 bridgehead atoms. The molecule has 0 aromatic heterocycles. The van der Waals surface area contributed by atoms with Gasteiger partial charge in [0, 0.05) is 19.2 Å². The van der Waals surface area contributed by atoms with E-state index in [-0.39, 0.29) is 0 Å². The number of nitrogens with zero attached hydrogens (tertiary/aromatic N) is 2. The predicted molar refractivity (Wildman–Crippen MR) is 48.3 cm³/mol. The van der Waals surface area contributed by atoms with Crippen LogP contribution in [-0.2, 0) is 4.79 Å². The van der Waals surface area contributed by atoms with Gasteiger partial charge >= 0.3 is 0 Å². The molecule has 5 heteroatoms. The molecule has 5 nitrogen and oxygen atoms in total. The minimum Gasteiger partial charge on any atom is -0.364 e. The smallest absolute Gasteiger partial charge is 0.266 e. The van der Waals surface area contributed by atoms with Crippen LogP contribution in [0.3, 0.4) is 0 Å². The fourth-order valence-electron chi connectivity index (χ4n) is 1.28. The van der Waals surface area contributed by atoms with Gasteiger partial charge in [-0.1, -0.05) is 0 Å². The van der Waals surface area contributed by atoms with Crippen molar-refractivity contribution in [2.24, 2.45) is 10.7 Å². The summed E-state index contributed by atoms with van der Waals surface area (Å²) in [6, 6.07) is 0. The molecule has 2 aliphatic rings. The van der Waals surface area contributed by atoms with Gasteiger partial charge in [0.05, 0.1) is 11.9 Å². The van der Waals surface area contributed by atoms with E-state index in [9.17, 15) is 4.79 Å². The molecule has 2 aliphatic heterocycles. The number of carbonyl (C=O) groups is 1. The Balaban J connectivity index is 2.25. The predicted octanol–water partition coefficient (Wildman–Crippen LogP) is -0.508. The van der Waals surface area contributed by atoms with E-state index in [1.807, 2.05) is 11.2 Å². The number of rotatable bonds is 1. The second kappa shape index (κ2) is 2.93. The minimum absolute atomic E-state index is 0.420. The third-order valence-electron chi connectivity index (χ3n) is 1.92. The van der Waals surface area contributed by atoms with Crippen LogP contribution in [0, 0.1) is 0 Å². The summed E-state index contributed by atoms with van der Waals surface area (Å²) in [4.78, 5) is 14.9. The molecular weight excluding hydrogens is 168 g/mol. The first kappa shape index (κ1) is 7.85. The highest BCUT2D eigenvalue weighted by Crippen LogP contribution is 2.16. The van der Waals surface area contributed by atoms with Gasteiger partial charge in [0.25, 0.3) is 5.91 Å². The molecule has 2 rings (SSSR count). The van der Waals surface area contributed by atoms with Crippen molar-refractivity contribution in [3.05, 3.63) is 23.7 Å².